The van der Waals surface area contributed by atoms with Crippen LogP contribution in [0, 0.1) is 0 Å². The van der Waals surface area contributed by atoms with E-state index in [1.807, 2.05) is 0 Å². The first-order valence-corrected chi connectivity index (χ1v) is 24.9. The molecule has 13 nitrogen and oxygen atoms in total. The lowest BCUT2D eigenvalue weighted by atomic mass is 9.85. The fraction of sp³-hybridized carbons (Fsp3) is 0.787. The molecule has 0 amide bonds. The Hall–Kier alpha value is -2.19. The minimum Gasteiger partial charge on any atom is -0.462 e. The van der Waals surface area contributed by atoms with Gasteiger partial charge in [-0.15, -0.1) is 0 Å². The highest BCUT2D eigenvalue weighted by atomic mass is 31.2. The summed E-state index contributed by atoms with van der Waals surface area (Å²) in [5, 5.41) is 50.1. The largest absolute Gasteiger partial charge is 0.472 e. The number of hydrogen-bond acceptors (Lipinski definition) is 12. The first kappa shape index (κ1) is 56.8. The SMILES string of the molecule is CC/C=C\C/C=C\C/C=C\C/C=C\CCCCCCC(=O)OC[C@H](COP(=O)(O)OC1[C@H](O)[C@H](O)C(O)[C@H](O)[C@H]1O)OC(=O)CCCCCCCCCCCCCCCCC. The third-order valence-electron chi connectivity index (χ3n) is 10.7. The van der Waals surface area contributed by atoms with E-state index in [2.05, 4.69) is 62.5 Å². The van der Waals surface area contributed by atoms with Gasteiger partial charge in [0.15, 0.2) is 6.10 Å². The molecule has 1 saturated carbocycles. The smallest absolute Gasteiger partial charge is 0.462 e. The van der Waals surface area contributed by atoms with Gasteiger partial charge in [0, 0.05) is 12.8 Å². The van der Waals surface area contributed by atoms with Gasteiger partial charge in [0.1, 0.15) is 43.2 Å². The van der Waals surface area contributed by atoms with Gasteiger partial charge in [-0.3, -0.25) is 18.6 Å². The summed E-state index contributed by atoms with van der Waals surface area (Å²) in [6.07, 6.45) is 30.2. The Kier molecular flexibility index (Phi) is 34.7. The number of hydrogen-bond donors (Lipinski definition) is 6. The van der Waals surface area contributed by atoms with Crippen molar-refractivity contribution in [3.8, 4) is 0 Å². The van der Waals surface area contributed by atoms with Gasteiger partial charge in [0.05, 0.1) is 6.61 Å². The highest BCUT2D eigenvalue weighted by Gasteiger charge is 2.51. The van der Waals surface area contributed by atoms with Crippen LogP contribution in [0.25, 0.3) is 0 Å². The molecule has 0 saturated heterocycles. The van der Waals surface area contributed by atoms with Crippen molar-refractivity contribution >= 4 is 19.8 Å². The van der Waals surface area contributed by atoms with Crippen molar-refractivity contribution in [3.05, 3.63) is 48.6 Å². The Bertz CT molecular complexity index is 1250. The lowest BCUT2D eigenvalue weighted by molar-refractivity contribution is -0.220. The van der Waals surface area contributed by atoms with E-state index in [1.165, 1.54) is 64.2 Å². The molecule has 1 aliphatic carbocycles. The number of allylic oxidation sites excluding steroid dienone is 8. The van der Waals surface area contributed by atoms with Crippen LogP contribution >= 0.6 is 7.82 Å². The molecule has 0 aromatic rings. The summed E-state index contributed by atoms with van der Waals surface area (Å²) in [5.74, 6) is -1.12. The van der Waals surface area contributed by atoms with Gasteiger partial charge in [-0.1, -0.05) is 165 Å². The molecule has 3 unspecified atom stereocenters. The maximum atomic E-state index is 12.8. The summed E-state index contributed by atoms with van der Waals surface area (Å²) in [4.78, 5) is 35.7. The predicted octanol–water partition coefficient (Wildman–Crippen LogP) is 9.17. The normalized spacial score (nSPS) is 22.4. The second kappa shape index (κ2) is 37.2. The lowest BCUT2D eigenvalue weighted by Gasteiger charge is -2.41. The number of carbonyl (C=O) groups excluding carboxylic acids is 2. The molecule has 6 N–H and O–H groups in total. The molecule has 0 spiro atoms. The molecule has 1 aliphatic rings. The molecular formula is C47H83O13P. The third kappa shape index (κ3) is 29.7. The molecule has 0 heterocycles. The number of ether oxygens (including phenoxy) is 2. The minimum atomic E-state index is -5.12. The Morgan fingerprint density at radius 1 is 0.525 bits per heavy atom. The monoisotopic (exact) mass is 887 g/mol. The molecule has 0 aromatic carbocycles. The molecule has 0 bridgehead atoms. The second-order valence-corrected chi connectivity index (χ2v) is 17.6. The summed E-state index contributed by atoms with van der Waals surface area (Å²) in [6.45, 7) is 3.17. The first-order chi connectivity index (χ1) is 29.4. The summed E-state index contributed by atoms with van der Waals surface area (Å²) < 4.78 is 33.5. The number of unbranched alkanes of at least 4 members (excludes halogenated alkanes) is 18. The lowest BCUT2D eigenvalue weighted by Crippen LogP contribution is -2.64. The van der Waals surface area contributed by atoms with Crippen LogP contribution in [0.3, 0.4) is 0 Å². The molecule has 61 heavy (non-hydrogen) atoms. The van der Waals surface area contributed by atoms with Crippen LogP contribution in [0.1, 0.15) is 181 Å². The van der Waals surface area contributed by atoms with Gasteiger partial charge in [0.25, 0.3) is 0 Å². The van der Waals surface area contributed by atoms with Crippen molar-refractivity contribution in [2.75, 3.05) is 13.2 Å². The average molecular weight is 887 g/mol. The zero-order chi connectivity index (χ0) is 45.0. The van der Waals surface area contributed by atoms with Crippen molar-refractivity contribution in [2.24, 2.45) is 0 Å². The van der Waals surface area contributed by atoms with E-state index < -0.39 is 75.7 Å². The highest BCUT2D eigenvalue weighted by molar-refractivity contribution is 7.47. The highest BCUT2D eigenvalue weighted by Crippen LogP contribution is 2.47. The Balaban J connectivity index is 2.47. The van der Waals surface area contributed by atoms with Gasteiger partial charge in [0.2, 0.25) is 0 Å². The Labute approximate surface area is 367 Å². The summed E-state index contributed by atoms with van der Waals surface area (Å²) in [7, 11) is -5.12. The molecule has 0 aromatic heterocycles. The van der Waals surface area contributed by atoms with Crippen molar-refractivity contribution in [2.45, 2.75) is 224 Å². The van der Waals surface area contributed by atoms with E-state index in [9.17, 15) is 44.6 Å². The second-order valence-electron chi connectivity index (χ2n) is 16.2. The van der Waals surface area contributed by atoms with E-state index in [-0.39, 0.29) is 12.8 Å². The molecule has 1 fully saturated rings. The fourth-order valence-electron chi connectivity index (χ4n) is 6.93. The Morgan fingerprint density at radius 3 is 1.43 bits per heavy atom. The molecular weight excluding hydrogens is 803 g/mol. The molecule has 8 atom stereocenters. The summed E-state index contributed by atoms with van der Waals surface area (Å²) >= 11 is 0. The number of carbonyl (C=O) groups is 2. The number of phosphoric acid groups is 1. The standard InChI is InChI=1S/C47H83O13P/c1-3-5-7-9-11-13-15-17-19-20-22-23-25-27-29-31-33-35-40(48)57-37-39(38-58-61(55,56)60-47-45(53)43(51)42(50)44(52)46(47)54)59-41(49)36-34-32-30-28-26-24-21-18-16-14-12-10-8-6-4-2/h5,7,11,13,17,19,22-23,39,42-47,50-54H,3-4,6,8-10,12,14-16,18,20-21,24-38H2,1-2H3,(H,55,56)/b7-5-,13-11-,19-17-,23-22-/t39-,42?,43-,44+,45-,46-,47?/m1/s1. The van der Waals surface area contributed by atoms with E-state index in [0.717, 1.165) is 77.0 Å². The third-order valence-corrected chi connectivity index (χ3v) is 11.7. The van der Waals surface area contributed by atoms with Crippen LogP contribution in [-0.4, -0.2) is 98.3 Å². The quantitative estimate of drug-likeness (QED) is 0.0148. The number of aliphatic hydroxyl groups is 5. The Morgan fingerprint density at radius 2 is 0.934 bits per heavy atom. The number of esters is 2. The van der Waals surface area contributed by atoms with Gasteiger partial charge >= 0.3 is 19.8 Å². The molecule has 354 valence electrons. The maximum Gasteiger partial charge on any atom is 0.472 e. The maximum absolute atomic E-state index is 12.8. The minimum absolute atomic E-state index is 0.0927. The molecule has 1 rings (SSSR count). The van der Waals surface area contributed by atoms with Crippen molar-refractivity contribution in [3.63, 3.8) is 0 Å². The van der Waals surface area contributed by atoms with Gasteiger partial charge < -0.3 is 39.9 Å². The van der Waals surface area contributed by atoms with E-state index >= 15 is 0 Å². The van der Waals surface area contributed by atoms with Gasteiger partial charge in [-0.25, -0.2) is 4.57 Å². The van der Waals surface area contributed by atoms with Crippen molar-refractivity contribution in [1.82, 2.24) is 0 Å². The summed E-state index contributed by atoms with van der Waals surface area (Å²) in [5.41, 5.74) is 0. The van der Waals surface area contributed by atoms with Crippen LogP contribution in [0.4, 0.5) is 0 Å². The van der Waals surface area contributed by atoms with Gasteiger partial charge in [-0.05, 0) is 51.4 Å². The topological polar surface area (TPSA) is 210 Å². The number of aliphatic hydroxyl groups excluding tert-OH is 5. The van der Waals surface area contributed by atoms with Crippen LogP contribution in [0.2, 0.25) is 0 Å². The molecule has 14 heteroatoms. The first-order valence-electron chi connectivity index (χ1n) is 23.4. The van der Waals surface area contributed by atoms with E-state index in [4.69, 9.17) is 18.5 Å². The van der Waals surface area contributed by atoms with Crippen LogP contribution in [-0.2, 0) is 32.7 Å². The predicted molar refractivity (Wildman–Crippen MR) is 239 cm³/mol. The fourth-order valence-corrected chi connectivity index (χ4v) is 7.90. The average Bonchev–Trinajstić information content (AvgIpc) is 3.24. The molecule has 0 radical (unpaired) electrons. The molecule has 0 aliphatic heterocycles. The van der Waals surface area contributed by atoms with Gasteiger partial charge in [-0.2, -0.15) is 0 Å². The van der Waals surface area contributed by atoms with Crippen LogP contribution < -0.4 is 0 Å². The van der Waals surface area contributed by atoms with Crippen molar-refractivity contribution in [1.29, 1.82) is 0 Å². The summed E-state index contributed by atoms with van der Waals surface area (Å²) in [6, 6.07) is 0. The van der Waals surface area contributed by atoms with Crippen molar-refractivity contribution < 1.29 is 63.1 Å². The number of phosphoric ester groups is 1. The van der Waals surface area contributed by atoms with Crippen LogP contribution in [0.15, 0.2) is 48.6 Å². The zero-order valence-electron chi connectivity index (χ0n) is 37.4. The van der Waals surface area contributed by atoms with E-state index in [0.29, 0.717) is 12.8 Å². The van der Waals surface area contributed by atoms with Crippen LogP contribution in [0.5, 0.6) is 0 Å². The van der Waals surface area contributed by atoms with E-state index in [1.54, 1.807) is 0 Å². The number of rotatable bonds is 38. The zero-order valence-corrected chi connectivity index (χ0v) is 38.3.